The number of carboxylic acid groups (broad SMARTS) is 1. The number of aliphatic hydroxyl groups is 1. The topological polar surface area (TPSA) is 66.8 Å². The summed E-state index contributed by atoms with van der Waals surface area (Å²) in [7, 11) is 1.47. The SMILES string of the molecule is C=C/C=C\C=C.COc1ccc(C(=O)O)cc1CO. The first-order valence-electron chi connectivity index (χ1n) is 5.51. The van der Waals surface area contributed by atoms with Crippen molar-refractivity contribution in [2.75, 3.05) is 7.11 Å². The van der Waals surface area contributed by atoms with Crippen LogP contribution in [0.2, 0.25) is 0 Å². The van der Waals surface area contributed by atoms with Crippen LogP contribution in [-0.2, 0) is 6.61 Å². The lowest BCUT2D eigenvalue weighted by atomic mass is 10.1. The van der Waals surface area contributed by atoms with Gasteiger partial charge in [-0.15, -0.1) is 0 Å². The Kier molecular flexibility index (Phi) is 8.49. The third-order valence-corrected chi connectivity index (χ3v) is 2.08. The van der Waals surface area contributed by atoms with E-state index in [0.29, 0.717) is 11.3 Å². The van der Waals surface area contributed by atoms with Gasteiger partial charge in [-0.2, -0.15) is 0 Å². The molecule has 0 saturated heterocycles. The molecule has 0 heterocycles. The van der Waals surface area contributed by atoms with Crippen molar-refractivity contribution in [1.82, 2.24) is 0 Å². The molecule has 0 fully saturated rings. The molecule has 102 valence electrons. The van der Waals surface area contributed by atoms with Crippen LogP contribution < -0.4 is 4.74 Å². The van der Waals surface area contributed by atoms with E-state index < -0.39 is 5.97 Å². The first kappa shape index (κ1) is 16.7. The maximum absolute atomic E-state index is 10.5. The summed E-state index contributed by atoms with van der Waals surface area (Å²) in [5.41, 5.74) is 0.618. The smallest absolute Gasteiger partial charge is 0.335 e. The maximum Gasteiger partial charge on any atom is 0.335 e. The van der Waals surface area contributed by atoms with E-state index in [1.807, 2.05) is 12.2 Å². The molecule has 0 amide bonds. The molecular weight excluding hydrogens is 244 g/mol. The van der Waals surface area contributed by atoms with Gasteiger partial charge in [0.05, 0.1) is 19.3 Å². The largest absolute Gasteiger partial charge is 0.496 e. The number of hydrogen-bond donors (Lipinski definition) is 2. The molecule has 19 heavy (non-hydrogen) atoms. The van der Waals surface area contributed by atoms with Crippen molar-refractivity contribution in [2.45, 2.75) is 6.61 Å². The first-order chi connectivity index (χ1) is 9.10. The van der Waals surface area contributed by atoms with Crippen LogP contribution in [0.25, 0.3) is 0 Å². The summed E-state index contributed by atoms with van der Waals surface area (Å²) in [4.78, 5) is 10.5. The number of benzene rings is 1. The second kappa shape index (κ2) is 9.67. The summed E-state index contributed by atoms with van der Waals surface area (Å²) in [6.07, 6.45) is 7.07. The predicted molar refractivity (Wildman–Crippen MR) is 75.4 cm³/mol. The number of methoxy groups -OCH3 is 1. The van der Waals surface area contributed by atoms with Crippen LogP contribution in [0.3, 0.4) is 0 Å². The number of aromatic carboxylic acids is 1. The van der Waals surface area contributed by atoms with Crippen molar-refractivity contribution in [3.63, 3.8) is 0 Å². The van der Waals surface area contributed by atoms with E-state index >= 15 is 0 Å². The Morgan fingerprint density at radius 3 is 2.26 bits per heavy atom. The number of rotatable bonds is 5. The van der Waals surface area contributed by atoms with Crippen molar-refractivity contribution < 1.29 is 19.7 Å². The number of carboxylic acids is 1. The number of ether oxygens (including phenoxy) is 1. The zero-order valence-corrected chi connectivity index (χ0v) is 10.9. The Bertz CT molecular complexity index is 451. The third kappa shape index (κ3) is 6.24. The number of hydrogen-bond acceptors (Lipinski definition) is 3. The summed E-state index contributed by atoms with van der Waals surface area (Å²) in [6.45, 7) is 6.70. The van der Waals surface area contributed by atoms with Crippen molar-refractivity contribution in [3.05, 3.63) is 66.8 Å². The zero-order chi connectivity index (χ0) is 14.7. The minimum atomic E-state index is -1.02. The lowest BCUT2D eigenvalue weighted by Crippen LogP contribution is -1.99. The molecule has 4 nitrogen and oxygen atoms in total. The fraction of sp³-hybridized carbons (Fsp3) is 0.133. The van der Waals surface area contributed by atoms with Crippen LogP contribution >= 0.6 is 0 Å². The van der Waals surface area contributed by atoms with Gasteiger partial charge in [-0.1, -0.05) is 37.5 Å². The molecule has 0 aromatic heterocycles. The Labute approximate surface area is 113 Å². The average molecular weight is 262 g/mol. The minimum absolute atomic E-state index is 0.143. The Morgan fingerprint density at radius 2 is 1.89 bits per heavy atom. The van der Waals surface area contributed by atoms with Crippen molar-refractivity contribution >= 4 is 5.97 Å². The highest BCUT2D eigenvalue weighted by molar-refractivity contribution is 5.88. The molecule has 0 bridgehead atoms. The standard InChI is InChI=1S/C9H10O4.C6H8/c1-13-8-3-2-6(9(11)12)4-7(8)5-10;1-3-5-6-4-2/h2-4,10H,5H2,1H3,(H,11,12);3-6H,1-2H2/b;6-5-. The highest BCUT2D eigenvalue weighted by Crippen LogP contribution is 2.19. The lowest BCUT2D eigenvalue weighted by molar-refractivity contribution is 0.0696. The van der Waals surface area contributed by atoms with Gasteiger partial charge in [0.1, 0.15) is 5.75 Å². The van der Waals surface area contributed by atoms with Gasteiger partial charge in [-0.3, -0.25) is 0 Å². The molecule has 0 atom stereocenters. The molecule has 0 aliphatic rings. The molecule has 2 N–H and O–H groups in total. The summed E-state index contributed by atoms with van der Waals surface area (Å²) in [5.74, 6) is -0.523. The molecule has 0 unspecified atom stereocenters. The van der Waals surface area contributed by atoms with Crippen LogP contribution in [0.4, 0.5) is 0 Å². The van der Waals surface area contributed by atoms with E-state index in [4.69, 9.17) is 14.9 Å². The minimum Gasteiger partial charge on any atom is -0.496 e. The Balaban J connectivity index is 0.000000459. The van der Waals surface area contributed by atoms with Gasteiger partial charge in [0.15, 0.2) is 0 Å². The molecule has 4 heteroatoms. The summed E-state index contributed by atoms with van der Waals surface area (Å²) < 4.78 is 4.92. The fourth-order valence-corrected chi connectivity index (χ4v) is 1.19. The number of allylic oxidation sites excluding steroid dienone is 4. The highest BCUT2D eigenvalue weighted by atomic mass is 16.5. The fourth-order valence-electron chi connectivity index (χ4n) is 1.19. The molecule has 0 radical (unpaired) electrons. The monoisotopic (exact) mass is 262 g/mol. The molecule has 0 aliphatic heterocycles. The third-order valence-electron chi connectivity index (χ3n) is 2.08. The maximum atomic E-state index is 10.5. The highest BCUT2D eigenvalue weighted by Gasteiger charge is 2.07. The zero-order valence-electron chi connectivity index (χ0n) is 10.9. The number of aliphatic hydroxyl groups excluding tert-OH is 1. The molecule has 1 aromatic carbocycles. The summed E-state index contributed by atoms with van der Waals surface area (Å²) in [5, 5.41) is 17.5. The van der Waals surface area contributed by atoms with Crippen LogP contribution in [-0.4, -0.2) is 23.3 Å². The quantitative estimate of drug-likeness (QED) is 0.801. The van der Waals surface area contributed by atoms with E-state index in [2.05, 4.69) is 13.2 Å². The van der Waals surface area contributed by atoms with E-state index in [0.717, 1.165) is 0 Å². The molecule has 0 spiro atoms. The Hall–Kier alpha value is -2.33. The summed E-state index contributed by atoms with van der Waals surface area (Å²) in [6, 6.07) is 4.34. The van der Waals surface area contributed by atoms with Crippen LogP contribution in [0.5, 0.6) is 5.75 Å². The summed E-state index contributed by atoms with van der Waals surface area (Å²) >= 11 is 0. The van der Waals surface area contributed by atoms with Crippen molar-refractivity contribution in [3.8, 4) is 5.75 Å². The van der Waals surface area contributed by atoms with Crippen LogP contribution in [0, 0.1) is 0 Å². The normalized spacial score (nSPS) is 9.37. The Morgan fingerprint density at radius 1 is 1.32 bits per heavy atom. The second-order valence-corrected chi connectivity index (χ2v) is 3.35. The van der Waals surface area contributed by atoms with Crippen LogP contribution in [0.1, 0.15) is 15.9 Å². The molecule has 0 saturated carbocycles. The van der Waals surface area contributed by atoms with Gasteiger partial charge < -0.3 is 14.9 Å². The first-order valence-corrected chi connectivity index (χ1v) is 5.51. The lowest BCUT2D eigenvalue weighted by Gasteiger charge is -2.06. The van der Waals surface area contributed by atoms with E-state index in [1.165, 1.54) is 25.3 Å². The van der Waals surface area contributed by atoms with E-state index in [1.54, 1.807) is 12.2 Å². The van der Waals surface area contributed by atoms with E-state index in [9.17, 15) is 4.79 Å². The number of carbonyl (C=O) groups is 1. The van der Waals surface area contributed by atoms with Gasteiger partial charge in [-0.25, -0.2) is 4.79 Å². The van der Waals surface area contributed by atoms with Gasteiger partial charge in [0, 0.05) is 5.56 Å². The van der Waals surface area contributed by atoms with Crippen LogP contribution in [0.15, 0.2) is 55.7 Å². The van der Waals surface area contributed by atoms with Gasteiger partial charge in [0.2, 0.25) is 0 Å². The van der Waals surface area contributed by atoms with Crippen molar-refractivity contribution in [1.29, 1.82) is 0 Å². The van der Waals surface area contributed by atoms with Gasteiger partial charge >= 0.3 is 5.97 Å². The van der Waals surface area contributed by atoms with Gasteiger partial charge in [-0.05, 0) is 18.2 Å². The molecular formula is C15H18O4. The van der Waals surface area contributed by atoms with Gasteiger partial charge in [0.25, 0.3) is 0 Å². The predicted octanol–water partition coefficient (Wildman–Crippen LogP) is 2.80. The molecule has 0 aliphatic carbocycles. The van der Waals surface area contributed by atoms with E-state index in [-0.39, 0.29) is 12.2 Å². The molecule has 1 rings (SSSR count). The average Bonchev–Trinajstić information content (AvgIpc) is 2.44. The second-order valence-electron chi connectivity index (χ2n) is 3.35. The van der Waals surface area contributed by atoms with Crippen molar-refractivity contribution in [2.24, 2.45) is 0 Å². The molecule has 1 aromatic rings.